The van der Waals surface area contributed by atoms with Crippen molar-refractivity contribution in [2.24, 2.45) is 5.92 Å². The minimum atomic E-state index is 0.219. The number of carbonyl (C=O) groups is 1. The topological polar surface area (TPSA) is 52.6 Å². The number of piperazine rings is 1. The molecule has 3 fully saturated rings. The first-order valence-electron chi connectivity index (χ1n) is 10.3. The third-order valence-corrected chi connectivity index (χ3v) is 7.11. The molecule has 1 aromatic heterocycles. The Morgan fingerprint density at radius 1 is 1.08 bits per heavy atom. The predicted octanol–water partition coefficient (Wildman–Crippen LogP) is 2.40. The second-order valence-electron chi connectivity index (χ2n) is 7.93. The van der Waals surface area contributed by atoms with Gasteiger partial charge in [0.1, 0.15) is 5.82 Å². The van der Waals surface area contributed by atoms with Gasteiger partial charge in [-0.3, -0.25) is 9.69 Å². The maximum atomic E-state index is 13.0. The fourth-order valence-electron chi connectivity index (χ4n) is 4.66. The van der Waals surface area contributed by atoms with E-state index in [0.717, 1.165) is 69.1 Å². The molecule has 7 heteroatoms. The van der Waals surface area contributed by atoms with Gasteiger partial charge in [0, 0.05) is 56.7 Å². The van der Waals surface area contributed by atoms with Gasteiger partial charge in [-0.2, -0.15) is 4.37 Å². The summed E-state index contributed by atoms with van der Waals surface area (Å²) in [5.74, 6) is 1.53. The van der Waals surface area contributed by atoms with Crippen molar-refractivity contribution in [2.45, 2.75) is 57.9 Å². The summed E-state index contributed by atoms with van der Waals surface area (Å²) in [5, 5.41) is 1.01. The average Bonchev–Trinajstić information content (AvgIpc) is 3.38. The highest BCUT2D eigenvalue weighted by Gasteiger charge is 2.35. The Labute approximate surface area is 160 Å². The number of hydrogen-bond donors (Lipinski definition) is 0. The lowest BCUT2D eigenvalue weighted by Crippen LogP contribution is -2.50. The summed E-state index contributed by atoms with van der Waals surface area (Å²) in [6, 6.07) is 0.739. The van der Waals surface area contributed by atoms with Crippen LogP contribution in [-0.2, 0) is 11.2 Å². The normalized spacial score (nSPS) is 25.8. The van der Waals surface area contributed by atoms with Crippen LogP contribution < -0.4 is 4.90 Å². The second-order valence-corrected chi connectivity index (χ2v) is 8.66. The van der Waals surface area contributed by atoms with Crippen LogP contribution >= 0.6 is 11.5 Å². The Balaban J connectivity index is 1.27. The first-order valence-corrected chi connectivity index (χ1v) is 11.1. The van der Waals surface area contributed by atoms with E-state index in [1.165, 1.54) is 43.6 Å². The third-order valence-electron chi connectivity index (χ3n) is 6.30. The van der Waals surface area contributed by atoms with Gasteiger partial charge in [-0.1, -0.05) is 26.2 Å². The van der Waals surface area contributed by atoms with Gasteiger partial charge < -0.3 is 9.80 Å². The minimum Gasteiger partial charge on any atom is -0.343 e. The van der Waals surface area contributed by atoms with E-state index in [9.17, 15) is 4.79 Å². The molecule has 0 radical (unpaired) electrons. The van der Waals surface area contributed by atoms with Gasteiger partial charge in [-0.05, 0) is 25.8 Å². The average molecular weight is 378 g/mol. The van der Waals surface area contributed by atoms with Crippen LogP contribution in [0.15, 0.2) is 0 Å². The molecular weight excluding hydrogens is 346 g/mol. The van der Waals surface area contributed by atoms with Gasteiger partial charge in [-0.15, -0.1) is 0 Å². The highest BCUT2D eigenvalue weighted by Crippen LogP contribution is 2.29. The fourth-order valence-corrected chi connectivity index (χ4v) is 5.46. The molecule has 1 aromatic rings. The lowest BCUT2D eigenvalue weighted by molar-refractivity contribution is -0.135. The Bertz CT molecular complexity index is 607. The molecule has 1 atom stereocenters. The lowest BCUT2D eigenvalue weighted by atomic mass is 9.94. The number of carbonyl (C=O) groups excluding carboxylic acids is 1. The highest BCUT2D eigenvalue weighted by molar-refractivity contribution is 7.09. The van der Waals surface area contributed by atoms with Crippen LogP contribution in [-0.4, -0.2) is 70.4 Å². The van der Waals surface area contributed by atoms with E-state index >= 15 is 0 Å². The third kappa shape index (κ3) is 3.88. The predicted molar refractivity (Wildman–Crippen MR) is 105 cm³/mol. The van der Waals surface area contributed by atoms with Crippen LogP contribution in [0.4, 0.5) is 5.13 Å². The first kappa shape index (κ1) is 18.2. The number of likely N-dealkylation sites (tertiary alicyclic amines) is 1. The largest absolute Gasteiger partial charge is 0.343 e. The highest BCUT2D eigenvalue weighted by atomic mass is 32.1. The molecule has 1 aliphatic carbocycles. The maximum absolute atomic E-state index is 13.0. The quantitative estimate of drug-likeness (QED) is 0.806. The van der Waals surface area contributed by atoms with Crippen LogP contribution in [0.2, 0.25) is 0 Å². The smallest absolute Gasteiger partial charge is 0.227 e. The lowest BCUT2D eigenvalue weighted by Gasteiger charge is -2.36. The van der Waals surface area contributed by atoms with Gasteiger partial charge in [0.15, 0.2) is 0 Å². The van der Waals surface area contributed by atoms with E-state index in [0.29, 0.717) is 5.91 Å². The van der Waals surface area contributed by atoms with Crippen molar-refractivity contribution in [3.8, 4) is 0 Å². The zero-order chi connectivity index (χ0) is 17.9. The molecule has 6 nitrogen and oxygen atoms in total. The molecule has 26 heavy (non-hydrogen) atoms. The maximum Gasteiger partial charge on any atom is 0.227 e. The Morgan fingerprint density at radius 3 is 2.54 bits per heavy atom. The van der Waals surface area contributed by atoms with E-state index in [1.807, 2.05) is 0 Å². The molecule has 4 rings (SSSR count). The minimum absolute atomic E-state index is 0.219. The van der Waals surface area contributed by atoms with Crippen LogP contribution in [0.5, 0.6) is 0 Å². The Morgan fingerprint density at radius 2 is 1.85 bits per heavy atom. The van der Waals surface area contributed by atoms with Gasteiger partial charge in [-0.25, -0.2) is 4.98 Å². The number of aromatic nitrogens is 2. The molecule has 1 saturated carbocycles. The summed E-state index contributed by atoms with van der Waals surface area (Å²) >= 11 is 1.49. The van der Waals surface area contributed by atoms with Gasteiger partial charge in [0.2, 0.25) is 11.0 Å². The zero-order valence-electron chi connectivity index (χ0n) is 15.9. The van der Waals surface area contributed by atoms with Crippen LogP contribution in [0.1, 0.15) is 51.3 Å². The van der Waals surface area contributed by atoms with Crippen LogP contribution in [0, 0.1) is 5.92 Å². The first-order chi connectivity index (χ1) is 12.7. The molecule has 0 spiro atoms. The van der Waals surface area contributed by atoms with Crippen LogP contribution in [0.25, 0.3) is 0 Å². The Hall–Kier alpha value is -1.21. The van der Waals surface area contributed by atoms with E-state index in [4.69, 9.17) is 0 Å². The van der Waals surface area contributed by atoms with Crippen molar-refractivity contribution in [3.05, 3.63) is 5.82 Å². The molecule has 0 N–H and O–H groups in total. The summed E-state index contributed by atoms with van der Waals surface area (Å²) in [7, 11) is 0. The van der Waals surface area contributed by atoms with Gasteiger partial charge in [0.25, 0.3) is 0 Å². The van der Waals surface area contributed by atoms with Gasteiger partial charge in [0.05, 0.1) is 5.92 Å². The number of rotatable bonds is 4. The molecule has 0 bridgehead atoms. The van der Waals surface area contributed by atoms with Crippen LogP contribution in [0.3, 0.4) is 0 Å². The molecule has 2 saturated heterocycles. The summed E-state index contributed by atoms with van der Waals surface area (Å²) in [6.45, 7) is 7.58. The summed E-state index contributed by atoms with van der Waals surface area (Å²) in [6.07, 6.45) is 8.73. The molecule has 1 unspecified atom stereocenters. The number of anilines is 1. The Kier molecular flexibility index (Phi) is 5.74. The molecule has 0 aromatic carbocycles. The molecular formula is C19H31N5OS. The SMILES string of the molecule is CCc1nsc(N2CCN(C(=O)C3CCN(C4CCCCC4)C3)CC2)n1. The molecule has 144 valence electrons. The fraction of sp³-hybridized carbons (Fsp3) is 0.842. The molecule has 3 heterocycles. The standard InChI is InChI=1S/C19H31N5OS/c1-2-17-20-19(26-21-17)23-12-10-22(11-13-23)18(25)15-8-9-24(14-15)16-6-4-3-5-7-16/h15-16H,2-14H2,1H3. The number of aryl methyl sites for hydroxylation is 1. The van der Waals surface area contributed by atoms with E-state index in [2.05, 4.69) is 31.0 Å². The van der Waals surface area contributed by atoms with Crippen molar-refractivity contribution in [3.63, 3.8) is 0 Å². The summed E-state index contributed by atoms with van der Waals surface area (Å²) in [5.41, 5.74) is 0. The van der Waals surface area contributed by atoms with Crippen molar-refractivity contribution >= 4 is 22.6 Å². The van der Waals surface area contributed by atoms with Crippen molar-refractivity contribution in [1.82, 2.24) is 19.2 Å². The van der Waals surface area contributed by atoms with Crippen molar-refractivity contribution in [2.75, 3.05) is 44.2 Å². The number of nitrogens with zero attached hydrogens (tertiary/aromatic N) is 5. The van der Waals surface area contributed by atoms with E-state index in [-0.39, 0.29) is 5.92 Å². The summed E-state index contributed by atoms with van der Waals surface area (Å²) in [4.78, 5) is 24.5. The van der Waals surface area contributed by atoms with Gasteiger partial charge >= 0.3 is 0 Å². The van der Waals surface area contributed by atoms with Crippen molar-refractivity contribution < 1.29 is 4.79 Å². The molecule has 2 aliphatic heterocycles. The zero-order valence-corrected chi connectivity index (χ0v) is 16.7. The number of amides is 1. The monoisotopic (exact) mass is 377 g/mol. The summed E-state index contributed by atoms with van der Waals surface area (Å²) < 4.78 is 4.38. The molecule has 1 amide bonds. The second kappa shape index (κ2) is 8.21. The van der Waals surface area contributed by atoms with E-state index < -0.39 is 0 Å². The number of hydrogen-bond acceptors (Lipinski definition) is 6. The van der Waals surface area contributed by atoms with Crippen molar-refractivity contribution in [1.29, 1.82) is 0 Å². The molecule has 3 aliphatic rings. The van der Waals surface area contributed by atoms with E-state index in [1.54, 1.807) is 0 Å².